The zero-order valence-electron chi connectivity index (χ0n) is 14.7. The van der Waals surface area contributed by atoms with Gasteiger partial charge in [0.2, 0.25) is 5.91 Å². The quantitative estimate of drug-likeness (QED) is 0.592. The van der Waals surface area contributed by atoms with Gasteiger partial charge in [-0.15, -0.1) is 0 Å². The number of carboxylic acids is 1. The number of amides is 1. The van der Waals surface area contributed by atoms with E-state index in [-0.39, 0.29) is 26.2 Å². The van der Waals surface area contributed by atoms with Crippen molar-refractivity contribution < 1.29 is 23.1 Å². The molecule has 29 heavy (non-hydrogen) atoms. The lowest BCUT2D eigenvalue weighted by molar-refractivity contribution is -0.135. The van der Waals surface area contributed by atoms with Crippen LogP contribution in [0.3, 0.4) is 0 Å². The van der Waals surface area contributed by atoms with Crippen LogP contribution in [0, 0.1) is 0 Å². The number of hydrogen-bond acceptors (Lipinski definition) is 4. The number of anilines is 1. The molecule has 0 spiro atoms. The Labute approximate surface area is 176 Å². The van der Waals surface area contributed by atoms with Gasteiger partial charge in [-0.3, -0.25) is 13.9 Å². The van der Waals surface area contributed by atoms with Crippen molar-refractivity contribution >= 4 is 61.6 Å². The van der Waals surface area contributed by atoms with Gasteiger partial charge in [-0.25, -0.2) is 8.42 Å². The molecule has 0 saturated heterocycles. The SMILES string of the molecule is NC(=O)c1cccc2cc(N(CC(=O)O)S(=O)(=O)c3cc(Cl)cc(Cl)c3)ccc12. The summed E-state index contributed by atoms with van der Waals surface area (Å²) < 4.78 is 27.0. The van der Waals surface area contributed by atoms with Crippen molar-refractivity contribution in [1.82, 2.24) is 0 Å². The number of rotatable bonds is 6. The van der Waals surface area contributed by atoms with Gasteiger partial charge < -0.3 is 10.8 Å². The van der Waals surface area contributed by atoms with Gasteiger partial charge in [0, 0.05) is 15.6 Å². The minimum Gasteiger partial charge on any atom is -0.480 e. The molecule has 7 nitrogen and oxygen atoms in total. The van der Waals surface area contributed by atoms with Gasteiger partial charge in [0.05, 0.1) is 10.6 Å². The van der Waals surface area contributed by atoms with Crippen molar-refractivity contribution in [2.75, 3.05) is 10.8 Å². The van der Waals surface area contributed by atoms with Gasteiger partial charge >= 0.3 is 5.97 Å². The van der Waals surface area contributed by atoms with E-state index in [1.165, 1.54) is 36.4 Å². The third-order valence-electron chi connectivity index (χ3n) is 4.12. The Kier molecular flexibility index (Phi) is 5.70. The van der Waals surface area contributed by atoms with Crippen LogP contribution in [0.2, 0.25) is 10.0 Å². The first kappa shape index (κ1) is 20.9. The molecule has 0 saturated carbocycles. The van der Waals surface area contributed by atoms with Gasteiger partial charge in [-0.2, -0.15) is 0 Å². The third kappa shape index (κ3) is 4.29. The summed E-state index contributed by atoms with van der Waals surface area (Å²) in [5.41, 5.74) is 5.73. The molecular weight excluding hydrogens is 439 g/mol. The zero-order chi connectivity index (χ0) is 21.3. The predicted molar refractivity (Wildman–Crippen MR) is 111 cm³/mol. The molecule has 0 aliphatic heterocycles. The average Bonchev–Trinajstić information content (AvgIpc) is 2.64. The number of carboxylic acid groups (broad SMARTS) is 1. The maximum atomic E-state index is 13.2. The Balaban J connectivity index is 2.19. The highest BCUT2D eigenvalue weighted by Gasteiger charge is 2.28. The molecule has 0 unspecified atom stereocenters. The molecule has 150 valence electrons. The predicted octanol–water partition coefficient (Wildman–Crippen LogP) is 3.53. The molecule has 3 rings (SSSR count). The van der Waals surface area contributed by atoms with E-state index < -0.39 is 28.4 Å². The number of hydrogen-bond donors (Lipinski definition) is 2. The number of primary amides is 1. The van der Waals surface area contributed by atoms with Crippen LogP contribution < -0.4 is 10.0 Å². The Morgan fingerprint density at radius 2 is 1.66 bits per heavy atom. The monoisotopic (exact) mass is 452 g/mol. The molecule has 0 aromatic heterocycles. The summed E-state index contributed by atoms with van der Waals surface area (Å²) in [5, 5.41) is 10.5. The normalized spacial score (nSPS) is 11.4. The minimum absolute atomic E-state index is 0.0935. The van der Waals surface area contributed by atoms with Crippen molar-refractivity contribution in [3.05, 3.63) is 70.2 Å². The second-order valence-corrected chi connectivity index (χ2v) is 8.82. The summed E-state index contributed by atoms with van der Waals surface area (Å²) in [5.74, 6) is -1.99. The van der Waals surface area contributed by atoms with Crippen LogP contribution in [0.5, 0.6) is 0 Å². The first-order valence-electron chi connectivity index (χ1n) is 8.13. The van der Waals surface area contributed by atoms with Crippen LogP contribution in [-0.2, 0) is 14.8 Å². The lowest BCUT2D eigenvalue weighted by Gasteiger charge is -2.23. The van der Waals surface area contributed by atoms with Gasteiger partial charge in [-0.05, 0) is 47.2 Å². The first-order valence-corrected chi connectivity index (χ1v) is 10.3. The molecular formula is C19H14Cl2N2O5S. The molecule has 0 heterocycles. The number of carbonyl (C=O) groups is 2. The summed E-state index contributed by atoms with van der Waals surface area (Å²) in [4.78, 5) is 22.7. The zero-order valence-corrected chi connectivity index (χ0v) is 17.0. The number of sulfonamides is 1. The topological polar surface area (TPSA) is 118 Å². The van der Waals surface area contributed by atoms with Crippen LogP contribution in [0.4, 0.5) is 5.69 Å². The average molecular weight is 453 g/mol. The minimum atomic E-state index is -4.30. The number of carbonyl (C=O) groups excluding carboxylic acids is 1. The van der Waals surface area contributed by atoms with Crippen molar-refractivity contribution in [3.63, 3.8) is 0 Å². The second-order valence-electron chi connectivity index (χ2n) is 6.09. The van der Waals surface area contributed by atoms with Crippen LogP contribution in [0.15, 0.2) is 59.5 Å². The number of nitrogens with zero attached hydrogens (tertiary/aromatic N) is 1. The molecule has 0 bridgehead atoms. The van der Waals surface area contributed by atoms with Crippen LogP contribution >= 0.6 is 23.2 Å². The molecule has 10 heteroatoms. The summed E-state index contributed by atoms with van der Waals surface area (Å²) in [7, 11) is -4.30. The third-order valence-corrected chi connectivity index (χ3v) is 6.31. The maximum Gasteiger partial charge on any atom is 0.324 e. The lowest BCUT2D eigenvalue weighted by atomic mass is 10.0. The van der Waals surface area contributed by atoms with E-state index in [1.807, 2.05) is 0 Å². The molecule has 0 radical (unpaired) electrons. The molecule has 0 aliphatic rings. The van der Waals surface area contributed by atoms with Gasteiger partial charge in [0.1, 0.15) is 6.54 Å². The molecule has 3 aromatic carbocycles. The van der Waals surface area contributed by atoms with Gasteiger partial charge in [-0.1, -0.05) is 41.4 Å². The second kappa shape index (κ2) is 7.90. The van der Waals surface area contributed by atoms with E-state index in [2.05, 4.69) is 0 Å². The largest absolute Gasteiger partial charge is 0.480 e. The Hall–Kier alpha value is -2.81. The number of fused-ring (bicyclic) bond motifs is 1. The van der Waals surface area contributed by atoms with E-state index in [1.54, 1.807) is 18.2 Å². The molecule has 3 aromatic rings. The van der Waals surface area contributed by atoms with E-state index in [4.69, 9.17) is 28.9 Å². The lowest BCUT2D eigenvalue weighted by Crippen LogP contribution is -2.35. The fraction of sp³-hybridized carbons (Fsp3) is 0.0526. The fourth-order valence-corrected chi connectivity index (χ4v) is 5.02. The maximum absolute atomic E-state index is 13.2. The Bertz CT molecular complexity index is 1220. The first-order chi connectivity index (χ1) is 13.6. The van der Waals surface area contributed by atoms with Crippen LogP contribution in [0.25, 0.3) is 10.8 Å². The summed E-state index contributed by atoms with van der Waals surface area (Å²) in [6, 6.07) is 12.9. The highest BCUT2D eigenvalue weighted by molar-refractivity contribution is 7.92. The molecule has 0 fully saturated rings. The van der Waals surface area contributed by atoms with Crippen molar-refractivity contribution in [3.8, 4) is 0 Å². The Morgan fingerprint density at radius 3 is 2.24 bits per heavy atom. The van der Waals surface area contributed by atoms with Gasteiger partial charge in [0.15, 0.2) is 0 Å². The summed E-state index contributed by atoms with van der Waals surface area (Å²) in [6.07, 6.45) is 0. The van der Waals surface area contributed by atoms with Crippen molar-refractivity contribution in [2.24, 2.45) is 5.73 Å². The molecule has 3 N–H and O–H groups in total. The number of benzene rings is 3. The highest BCUT2D eigenvalue weighted by Crippen LogP contribution is 2.30. The smallest absolute Gasteiger partial charge is 0.324 e. The molecule has 0 atom stereocenters. The molecule has 1 amide bonds. The number of nitrogens with two attached hydrogens (primary N) is 1. The number of aliphatic carboxylic acids is 1. The number of halogens is 2. The summed E-state index contributed by atoms with van der Waals surface area (Å²) >= 11 is 11.8. The van der Waals surface area contributed by atoms with Gasteiger partial charge in [0.25, 0.3) is 10.0 Å². The highest BCUT2D eigenvalue weighted by atomic mass is 35.5. The molecule has 0 aliphatic carbocycles. The van der Waals surface area contributed by atoms with E-state index in [0.717, 1.165) is 4.31 Å². The van der Waals surface area contributed by atoms with E-state index in [0.29, 0.717) is 10.8 Å². The van der Waals surface area contributed by atoms with E-state index >= 15 is 0 Å². The standard InChI is InChI=1S/C19H14Cl2N2O5S/c20-12-7-13(21)9-15(8-12)29(27,28)23(10-18(24)25)14-4-5-16-11(6-14)2-1-3-17(16)19(22)26/h1-9H,10H2,(H2,22,26)(H,24,25). The van der Waals surface area contributed by atoms with E-state index in [9.17, 15) is 23.1 Å². The van der Waals surface area contributed by atoms with Crippen molar-refractivity contribution in [2.45, 2.75) is 4.90 Å². The fourth-order valence-electron chi connectivity index (χ4n) is 2.88. The Morgan fingerprint density at radius 1 is 1.00 bits per heavy atom. The van der Waals surface area contributed by atoms with Crippen LogP contribution in [-0.4, -0.2) is 31.9 Å². The van der Waals surface area contributed by atoms with Crippen molar-refractivity contribution in [1.29, 1.82) is 0 Å². The summed E-state index contributed by atoms with van der Waals surface area (Å²) in [6.45, 7) is -0.826. The van der Waals surface area contributed by atoms with Crippen LogP contribution in [0.1, 0.15) is 10.4 Å².